The predicted molar refractivity (Wildman–Crippen MR) is 91.1 cm³/mol. The molecule has 8 nitrogen and oxygen atoms in total. The molecule has 10 heteroatoms. The predicted octanol–water partition coefficient (Wildman–Crippen LogP) is 0.493. The molecule has 1 aliphatic heterocycles. The van der Waals surface area contributed by atoms with Gasteiger partial charge in [0.1, 0.15) is 9.84 Å². The summed E-state index contributed by atoms with van der Waals surface area (Å²) in [6.07, 6.45) is 1.82. The first-order chi connectivity index (χ1) is 11.1. The molecular formula is C14H21N3O5S2. The van der Waals surface area contributed by atoms with Crippen molar-refractivity contribution >= 4 is 31.6 Å². The van der Waals surface area contributed by atoms with Crippen molar-refractivity contribution in [2.24, 2.45) is 5.92 Å². The molecule has 24 heavy (non-hydrogen) atoms. The van der Waals surface area contributed by atoms with Crippen LogP contribution in [0.2, 0.25) is 0 Å². The molecule has 1 atom stereocenters. The Morgan fingerprint density at radius 2 is 2.00 bits per heavy atom. The van der Waals surface area contributed by atoms with Gasteiger partial charge in [-0.2, -0.15) is 0 Å². The number of hydrogen-bond acceptors (Lipinski definition) is 5. The summed E-state index contributed by atoms with van der Waals surface area (Å²) in [6, 6.07) is 5.56. The number of benzene rings is 1. The monoisotopic (exact) mass is 375 g/mol. The number of carbonyl (C=O) groups excluding carboxylic acids is 1. The molecule has 2 rings (SSSR count). The van der Waals surface area contributed by atoms with Gasteiger partial charge < -0.3 is 10.2 Å². The molecule has 1 aromatic rings. The molecule has 1 saturated heterocycles. The zero-order chi connectivity index (χ0) is 18.0. The van der Waals surface area contributed by atoms with Gasteiger partial charge in [0.15, 0.2) is 0 Å². The third-order valence-electron chi connectivity index (χ3n) is 3.78. The quantitative estimate of drug-likeness (QED) is 0.778. The summed E-state index contributed by atoms with van der Waals surface area (Å²) in [6.45, 7) is 0.841. The third kappa shape index (κ3) is 4.92. The second-order valence-electron chi connectivity index (χ2n) is 5.86. The van der Waals surface area contributed by atoms with Crippen LogP contribution in [0.1, 0.15) is 6.42 Å². The molecule has 0 aromatic heterocycles. The van der Waals surface area contributed by atoms with Crippen LogP contribution >= 0.6 is 0 Å². The van der Waals surface area contributed by atoms with Crippen molar-refractivity contribution in [2.45, 2.75) is 11.3 Å². The van der Waals surface area contributed by atoms with Crippen molar-refractivity contribution in [1.82, 2.24) is 9.62 Å². The van der Waals surface area contributed by atoms with E-state index in [2.05, 4.69) is 10.0 Å². The molecule has 1 aromatic carbocycles. The van der Waals surface area contributed by atoms with Crippen molar-refractivity contribution in [3.63, 3.8) is 0 Å². The summed E-state index contributed by atoms with van der Waals surface area (Å²) >= 11 is 0. The van der Waals surface area contributed by atoms with Gasteiger partial charge >= 0.3 is 6.03 Å². The molecular weight excluding hydrogens is 354 g/mol. The van der Waals surface area contributed by atoms with Crippen molar-refractivity contribution in [2.75, 3.05) is 37.5 Å². The summed E-state index contributed by atoms with van der Waals surface area (Å²) in [5.41, 5.74) is 0.364. The first-order valence-electron chi connectivity index (χ1n) is 7.38. The number of urea groups is 1. The minimum Gasteiger partial charge on any atom is -0.324 e. The van der Waals surface area contributed by atoms with E-state index in [1.165, 1.54) is 36.4 Å². The van der Waals surface area contributed by atoms with E-state index in [9.17, 15) is 21.6 Å². The van der Waals surface area contributed by atoms with Gasteiger partial charge in [0.25, 0.3) is 0 Å². The Hall–Kier alpha value is -1.65. The van der Waals surface area contributed by atoms with Crippen LogP contribution in [0.5, 0.6) is 0 Å². The van der Waals surface area contributed by atoms with Gasteiger partial charge in [-0.25, -0.2) is 26.4 Å². The van der Waals surface area contributed by atoms with Crippen LogP contribution in [0.4, 0.5) is 10.5 Å². The number of rotatable bonds is 5. The number of amides is 2. The van der Waals surface area contributed by atoms with E-state index >= 15 is 0 Å². The van der Waals surface area contributed by atoms with Crippen LogP contribution in [0.15, 0.2) is 29.2 Å². The summed E-state index contributed by atoms with van der Waals surface area (Å²) in [7, 11) is -5.35. The minimum atomic E-state index is -3.59. The number of sulfonamides is 1. The molecule has 2 N–H and O–H groups in total. The summed E-state index contributed by atoms with van der Waals surface area (Å²) in [4.78, 5) is 13.8. The lowest BCUT2D eigenvalue weighted by Crippen LogP contribution is -2.33. The Labute approximate surface area is 142 Å². The first-order valence-corrected chi connectivity index (χ1v) is 10.9. The van der Waals surface area contributed by atoms with E-state index < -0.39 is 19.9 Å². The van der Waals surface area contributed by atoms with E-state index in [-0.39, 0.29) is 22.6 Å². The highest BCUT2D eigenvalue weighted by atomic mass is 32.2. The number of sulfone groups is 1. The van der Waals surface area contributed by atoms with Crippen LogP contribution in [0.3, 0.4) is 0 Å². The third-order valence-corrected chi connectivity index (χ3v) is 6.26. The van der Waals surface area contributed by atoms with Crippen LogP contribution in [-0.2, 0) is 19.9 Å². The molecule has 0 aliphatic carbocycles. The van der Waals surface area contributed by atoms with Gasteiger partial charge in [-0.3, -0.25) is 0 Å². The molecule has 0 spiro atoms. The Morgan fingerprint density at radius 1 is 1.29 bits per heavy atom. The van der Waals surface area contributed by atoms with Gasteiger partial charge in [0, 0.05) is 25.0 Å². The highest BCUT2D eigenvalue weighted by Gasteiger charge is 2.28. The van der Waals surface area contributed by atoms with Gasteiger partial charge in [-0.05, 0) is 37.6 Å². The zero-order valence-corrected chi connectivity index (χ0v) is 15.2. The molecule has 2 amide bonds. The fourth-order valence-corrected chi connectivity index (χ4v) is 4.55. The van der Waals surface area contributed by atoms with Gasteiger partial charge in [0.2, 0.25) is 10.0 Å². The number of nitrogens with zero attached hydrogens (tertiary/aromatic N) is 1. The van der Waals surface area contributed by atoms with Gasteiger partial charge in [0.05, 0.1) is 10.6 Å². The Kier molecular flexibility index (Phi) is 5.51. The van der Waals surface area contributed by atoms with E-state index in [1.54, 1.807) is 6.07 Å². The maximum absolute atomic E-state index is 12.3. The molecule has 1 heterocycles. The van der Waals surface area contributed by atoms with Crippen LogP contribution in [0, 0.1) is 5.92 Å². The SMILES string of the molecule is CNS(=O)(=O)c1cccc(NC(=O)N2CCC(CS(C)(=O)=O)C2)c1. The summed E-state index contributed by atoms with van der Waals surface area (Å²) in [5.74, 6) is -0.00564. The standard InChI is InChI=1S/C14H21N3O5S2/c1-15-24(21,22)13-5-3-4-12(8-13)16-14(18)17-7-6-11(9-17)10-23(2,19)20/h3-5,8,11,15H,6-7,9-10H2,1-2H3,(H,16,18). The number of carbonyl (C=O) groups is 1. The second-order valence-corrected chi connectivity index (χ2v) is 9.93. The van der Waals surface area contributed by atoms with Crippen LogP contribution in [-0.4, -0.2) is 59.9 Å². The molecule has 0 saturated carbocycles. The van der Waals surface area contributed by atoms with E-state index in [0.29, 0.717) is 25.2 Å². The lowest BCUT2D eigenvalue weighted by atomic mass is 10.2. The Morgan fingerprint density at radius 3 is 2.62 bits per heavy atom. The largest absolute Gasteiger partial charge is 0.324 e. The smallest absolute Gasteiger partial charge is 0.321 e. The number of anilines is 1. The number of hydrogen-bond donors (Lipinski definition) is 2. The maximum Gasteiger partial charge on any atom is 0.321 e. The summed E-state index contributed by atoms with van der Waals surface area (Å²) in [5, 5.41) is 2.65. The normalized spacial score (nSPS) is 18.6. The molecule has 1 aliphatic rings. The van der Waals surface area contributed by atoms with Gasteiger partial charge in [-0.1, -0.05) is 6.07 Å². The first kappa shape index (κ1) is 18.7. The molecule has 1 unspecified atom stereocenters. The van der Waals surface area contributed by atoms with Crippen LogP contribution in [0.25, 0.3) is 0 Å². The average Bonchev–Trinajstić information content (AvgIpc) is 2.94. The van der Waals surface area contributed by atoms with E-state index in [0.717, 1.165) is 0 Å². The number of likely N-dealkylation sites (tertiary alicyclic amines) is 1. The zero-order valence-electron chi connectivity index (χ0n) is 13.5. The van der Waals surface area contributed by atoms with Gasteiger partial charge in [-0.15, -0.1) is 0 Å². The van der Waals surface area contributed by atoms with Crippen molar-refractivity contribution < 1.29 is 21.6 Å². The fraction of sp³-hybridized carbons (Fsp3) is 0.500. The van der Waals surface area contributed by atoms with Crippen LogP contribution < -0.4 is 10.0 Å². The molecule has 134 valence electrons. The topological polar surface area (TPSA) is 113 Å². The second kappa shape index (κ2) is 7.08. The summed E-state index contributed by atoms with van der Waals surface area (Å²) < 4.78 is 48.4. The Balaban J connectivity index is 2.02. The Bertz CT molecular complexity index is 821. The highest BCUT2D eigenvalue weighted by Crippen LogP contribution is 2.20. The maximum atomic E-state index is 12.3. The van der Waals surface area contributed by atoms with E-state index in [4.69, 9.17) is 0 Å². The van der Waals surface area contributed by atoms with Crippen molar-refractivity contribution in [1.29, 1.82) is 0 Å². The lowest BCUT2D eigenvalue weighted by molar-refractivity contribution is 0.221. The fourth-order valence-electron chi connectivity index (χ4n) is 2.64. The van der Waals surface area contributed by atoms with E-state index in [1.807, 2.05) is 0 Å². The molecule has 0 bridgehead atoms. The lowest BCUT2D eigenvalue weighted by Gasteiger charge is -2.17. The minimum absolute atomic E-state index is 0.0548. The van der Waals surface area contributed by atoms with Crippen molar-refractivity contribution in [3.8, 4) is 0 Å². The average molecular weight is 375 g/mol. The van der Waals surface area contributed by atoms with Crippen molar-refractivity contribution in [3.05, 3.63) is 24.3 Å². The highest BCUT2D eigenvalue weighted by molar-refractivity contribution is 7.90. The number of nitrogens with one attached hydrogen (secondary N) is 2. The molecule has 0 radical (unpaired) electrons. The molecule has 1 fully saturated rings.